The third kappa shape index (κ3) is 2.76. The molecule has 18 heavy (non-hydrogen) atoms. The lowest BCUT2D eigenvalue weighted by Gasteiger charge is -2.13. The standard InChI is InChI=1S/C14H20N4/c1-10(2)11-4-6-12(7-5-11)13(15)8-14-16-9-17-18(14)3/h4-7,9-10,13H,8,15H2,1-3H3. The van der Waals surface area contributed by atoms with E-state index in [1.54, 1.807) is 11.0 Å². The molecule has 0 fully saturated rings. The minimum Gasteiger partial charge on any atom is -0.324 e. The van der Waals surface area contributed by atoms with Crippen molar-refractivity contribution in [2.45, 2.75) is 32.2 Å². The molecule has 0 amide bonds. The van der Waals surface area contributed by atoms with Crippen LogP contribution in [-0.2, 0) is 13.5 Å². The summed E-state index contributed by atoms with van der Waals surface area (Å²) in [6.45, 7) is 4.38. The van der Waals surface area contributed by atoms with Gasteiger partial charge in [0.15, 0.2) is 0 Å². The van der Waals surface area contributed by atoms with E-state index in [0.29, 0.717) is 12.3 Å². The molecule has 0 bridgehead atoms. The van der Waals surface area contributed by atoms with Crippen LogP contribution in [0.1, 0.15) is 42.8 Å². The van der Waals surface area contributed by atoms with Gasteiger partial charge in [-0.2, -0.15) is 5.10 Å². The Morgan fingerprint density at radius 2 is 1.78 bits per heavy atom. The molecule has 2 N–H and O–H groups in total. The van der Waals surface area contributed by atoms with Crippen molar-refractivity contribution in [2.24, 2.45) is 12.8 Å². The summed E-state index contributed by atoms with van der Waals surface area (Å²) >= 11 is 0. The van der Waals surface area contributed by atoms with E-state index >= 15 is 0 Å². The van der Waals surface area contributed by atoms with Gasteiger partial charge in [-0.1, -0.05) is 38.1 Å². The van der Waals surface area contributed by atoms with Gasteiger partial charge in [-0.25, -0.2) is 4.98 Å². The maximum absolute atomic E-state index is 6.20. The molecule has 0 saturated heterocycles. The zero-order valence-corrected chi connectivity index (χ0v) is 11.2. The Morgan fingerprint density at radius 3 is 2.28 bits per heavy atom. The van der Waals surface area contributed by atoms with Crippen LogP contribution in [0.15, 0.2) is 30.6 Å². The van der Waals surface area contributed by atoms with E-state index in [-0.39, 0.29) is 6.04 Å². The van der Waals surface area contributed by atoms with Gasteiger partial charge in [-0.05, 0) is 17.0 Å². The fraction of sp³-hybridized carbons (Fsp3) is 0.429. The van der Waals surface area contributed by atoms with Crippen LogP contribution in [0.4, 0.5) is 0 Å². The van der Waals surface area contributed by atoms with Crippen molar-refractivity contribution in [1.82, 2.24) is 14.8 Å². The number of nitrogens with zero attached hydrogens (tertiary/aromatic N) is 3. The predicted octanol–water partition coefficient (Wildman–Crippen LogP) is 2.18. The van der Waals surface area contributed by atoms with Gasteiger partial charge >= 0.3 is 0 Å². The lowest BCUT2D eigenvalue weighted by molar-refractivity contribution is 0.629. The zero-order chi connectivity index (χ0) is 13.1. The van der Waals surface area contributed by atoms with Crippen molar-refractivity contribution < 1.29 is 0 Å². The summed E-state index contributed by atoms with van der Waals surface area (Å²) in [5, 5.41) is 4.05. The average Bonchev–Trinajstić information content (AvgIpc) is 2.75. The van der Waals surface area contributed by atoms with Gasteiger partial charge in [0.2, 0.25) is 0 Å². The van der Waals surface area contributed by atoms with Crippen molar-refractivity contribution in [2.75, 3.05) is 0 Å². The number of aromatic nitrogens is 3. The molecule has 0 spiro atoms. The largest absolute Gasteiger partial charge is 0.324 e. The molecule has 2 rings (SSSR count). The zero-order valence-electron chi connectivity index (χ0n) is 11.2. The summed E-state index contributed by atoms with van der Waals surface area (Å²) in [4.78, 5) is 4.20. The highest BCUT2D eigenvalue weighted by Gasteiger charge is 2.11. The van der Waals surface area contributed by atoms with Crippen molar-refractivity contribution in [1.29, 1.82) is 0 Å². The first-order valence-corrected chi connectivity index (χ1v) is 6.26. The van der Waals surface area contributed by atoms with Gasteiger partial charge in [0, 0.05) is 19.5 Å². The Morgan fingerprint density at radius 1 is 1.17 bits per heavy atom. The van der Waals surface area contributed by atoms with E-state index in [1.807, 2.05) is 7.05 Å². The Labute approximate surface area is 108 Å². The second-order valence-electron chi connectivity index (χ2n) is 4.93. The fourth-order valence-electron chi connectivity index (χ4n) is 1.95. The highest BCUT2D eigenvalue weighted by Crippen LogP contribution is 2.19. The second kappa shape index (κ2) is 5.31. The normalized spacial score (nSPS) is 12.9. The van der Waals surface area contributed by atoms with E-state index in [2.05, 4.69) is 48.2 Å². The SMILES string of the molecule is CC(C)c1ccc(C(N)Cc2ncnn2C)cc1. The lowest BCUT2D eigenvalue weighted by atomic mass is 9.98. The molecule has 0 aliphatic heterocycles. The average molecular weight is 244 g/mol. The van der Waals surface area contributed by atoms with Crippen LogP contribution in [0.3, 0.4) is 0 Å². The number of hydrogen-bond donors (Lipinski definition) is 1. The summed E-state index contributed by atoms with van der Waals surface area (Å²) in [5.74, 6) is 1.46. The highest BCUT2D eigenvalue weighted by molar-refractivity contribution is 5.27. The topological polar surface area (TPSA) is 56.7 Å². The first-order valence-electron chi connectivity index (χ1n) is 6.26. The van der Waals surface area contributed by atoms with E-state index in [1.165, 1.54) is 5.56 Å². The van der Waals surface area contributed by atoms with Crippen LogP contribution in [0.2, 0.25) is 0 Å². The number of nitrogens with two attached hydrogens (primary N) is 1. The van der Waals surface area contributed by atoms with Gasteiger partial charge in [0.1, 0.15) is 12.2 Å². The smallest absolute Gasteiger partial charge is 0.138 e. The molecule has 96 valence electrons. The van der Waals surface area contributed by atoms with Crippen LogP contribution in [0, 0.1) is 0 Å². The predicted molar refractivity (Wildman–Crippen MR) is 72.2 cm³/mol. The maximum atomic E-state index is 6.20. The Balaban J connectivity index is 2.09. The first-order chi connectivity index (χ1) is 8.58. The van der Waals surface area contributed by atoms with Gasteiger partial charge in [0.05, 0.1) is 0 Å². The lowest BCUT2D eigenvalue weighted by Crippen LogP contribution is -2.16. The minimum absolute atomic E-state index is 0.0332. The van der Waals surface area contributed by atoms with Gasteiger partial charge in [-0.3, -0.25) is 4.68 Å². The van der Waals surface area contributed by atoms with E-state index in [4.69, 9.17) is 5.73 Å². The quantitative estimate of drug-likeness (QED) is 0.896. The molecule has 1 unspecified atom stereocenters. The summed E-state index contributed by atoms with van der Waals surface area (Å²) in [6.07, 6.45) is 2.27. The maximum Gasteiger partial charge on any atom is 0.138 e. The molecular formula is C14H20N4. The summed E-state index contributed by atoms with van der Waals surface area (Å²) in [6, 6.07) is 8.48. The molecule has 4 heteroatoms. The van der Waals surface area contributed by atoms with Gasteiger partial charge in [0.25, 0.3) is 0 Å². The van der Waals surface area contributed by atoms with Crippen LogP contribution >= 0.6 is 0 Å². The van der Waals surface area contributed by atoms with Crippen molar-refractivity contribution in [3.63, 3.8) is 0 Å². The molecule has 1 atom stereocenters. The van der Waals surface area contributed by atoms with E-state index in [0.717, 1.165) is 11.4 Å². The monoisotopic (exact) mass is 244 g/mol. The van der Waals surface area contributed by atoms with Crippen LogP contribution in [-0.4, -0.2) is 14.8 Å². The van der Waals surface area contributed by atoms with Crippen LogP contribution < -0.4 is 5.73 Å². The third-order valence-corrected chi connectivity index (χ3v) is 3.24. The van der Waals surface area contributed by atoms with Crippen molar-refractivity contribution >= 4 is 0 Å². The number of benzene rings is 1. The van der Waals surface area contributed by atoms with Gasteiger partial charge in [-0.15, -0.1) is 0 Å². The summed E-state index contributed by atoms with van der Waals surface area (Å²) in [7, 11) is 1.89. The van der Waals surface area contributed by atoms with Crippen molar-refractivity contribution in [3.8, 4) is 0 Å². The molecule has 4 nitrogen and oxygen atoms in total. The molecule has 1 aromatic heterocycles. The molecule has 0 aliphatic rings. The van der Waals surface area contributed by atoms with Gasteiger partial charge < -0.3 is 5.73 Å². The van der Waals surface area contributed by atoms with Crippen molar-refractivity contribution in [3.05, 3.63) is 47.5 Å². The molecule has 0 saturated carbocycles. The highest BCUT2D eigenvalue weighted by atomic mass is 15.3. The molecular weight excluding hydrogens is 224 g/mol. The van der Waals surface area contributed by atoms with Crippen LogP contribution in [0.5, 0.6) is 0 Å². The van der Waals surface area contributed by atoms with E-state index < -0.39 is 0 Å². The molecule has 0 radical (unpaired) electrons. The third-order valence-electron chi connectivity index (χ3n) is 3.24. The number of aryl methyl sites for hydroxylation is 1. The second-order valence-corrected chi connectivity index (χ2v) is 4.93. The fourth-order valence-corrected chi connectivity index (χ4v) is 1.95. The number of hydrogen-bond acceptors (Lipinski definition) is 3. The van der Waals surface area contributed by atoms with Crippen LogP contribution in [0.25, 0.3) is 0 Å². The number of rotatable bonds is 4. The summed E-state index contributed by atoms with van der Waals surface area (Å²) < 4.78 is 1.77. The molecule has 2 aromatic rings. The Kier molecular flexibility index (Phi) is 3.77. The molecule has 1 aromatic carbocycles. The Hall–Kier alpha value is -1.68. The van der Waals surface area contributed by atoms with E-state index in [9.17, 15) is 0 Å². The summed E-state index contributed by atoms with van der Waals surface area (Å²) in [5.41, 5.74) is 8.68. The Bertz CT molecular complexity index is 499. The first kappa shape index (κ1) is 12.8. The molecule has 1 heterocycles. The minimum atomic E-state index is -0.0332. The molecule has 0 aliphatic carbocycles.